The van der Waals surface area contributed by atoms with Crippen molar-refractivity contribution in [1.82, 2.24) is 29.5 Å². The number of nitrogens with two attached hydrogens (primary N) is 1. The zero-order chi connectivity index (χ0) is 20.2. The normalized spacial score (nSPS) is 10.8. The molecule has 146 valence electrons. The zero-order valence-electron chi connectivity index (χ0n) is 15.9. The van der Waals surface area contributed by atoms with E-state index in [1.807, 2.05) is 43.3 Å². The smallest absolute Gasteiger partial charge is 0.247 e. The van der Waals surface area contributed by atoms with Crippen LogP contribution in [0.3, 0.4) is 0 Å². The molecule has 1 amide bonds. The average molecular weight is 388 g/mol. The summed E-state index contributed by atoms with van der Waals surface area (Å²) in [6.07, 6.45) is 5.06. The van der Waals surface area contributed by atoms with Gasteiger partial charge in [-0.15, -0.1) is 0 Å². The van der Waals surface area contributed by atoms with Crippen molar-refractivity contribution < 1.29 is 4.79 Å². The van der Waals surface area contributed by atoms with E-state index >= 15 is 0 Å². The highest BCUT2D eigenvalue weighted by Gasteiger charge is 2.11. The molecule has 29 heavy (non-hydrogen) atoms. The van der Waals surface area contributed by atoms with Gasteiger partial charge in [0.05, 0.1) is 24.6 Å². The maximum absolute atomic E-state index is 12.5. The highest BCUT2D eigenvalue weighted by atomic mass is 16.2. The number of benzene rings is 1. The molecule has 3 heterocycles. The monoisotopic (exact) mass is 388 g/mol. The summed E-state index contributed by atoms with van der Waals surface area (Å²) in [6.45, 7) is 2.48. The molecule has 0 radical (unpaired) electrons. The van der Waals surface area contributed by atoms with E-state index in [4.69, 9.17) is 5.73 Å². The molecule has 9 nitrogen and oxygen atoms in total. The van der Waals surface area contributed by atoms with E-state index < -0.39 is 0 Å². The predicted molar refractivity (Wildman–Crippen MR) is 109 cm³/mol. The third-order valence-electron chi connectivity index (χ3n) is 4.27. The molecule has 0 aliphatic heterocycles. The third kappa shape index (κ3) is 4.46. The van der Waals surface area contributed by atoms with E-state index in [1.165, 1.54) is 0 Å². The lowest BCUT2D eigenvalue weighted by atomic mass is 10.2. The first-order valence-corrected chi connectivity index (χ1v) is 9.06. The largest absolute Gasteiger partial charge is 0.368 e. The molecule has 0 saturated carbocycles. The first-order chi connectivity index (χ1) is 14.1. The average Bonchev–Trinajstić information content (AvgIpc) is 3.32. The second kappa shape index (κ2) is 7.93. The van der Waals surface area contributed by atoms with Crippen molar-refractivity contribution >= 4 is 17.7 Å². The van der Waals surface area contributed by atoms with Crippen LogP contribution in [0.25, 0.3) is 11.3 Å². The fourth-order valence-corrected chi connectivity index (χ4v) is 2.97. The van der Waals surface area contributed by atoms with Crippen LogP contribution < -0.4 is 11.1 Å². The van der Waals surface area contributed by atoms with Crippen LogP contribution in [0.15, 0.2) is 61.1 Å². The van der Waals surface area contributed by atoms with Crippen molar-refractivity contribution in [3.05, 3.63) is 72.3 Å². The Morgan fingerprint density at radius 3 is 2.76 bits per heavy atom. The van der Waals surface area contributed by atoms with Crippen molar-refractivity contribution in [3.63, 3.8) is 0 Å². The summed E-state index contributed by atoms with van der Waals surface area (Å²) in [4.78, 5) is 20.8. The summed E-state index contributed by atoms with van der Waals surface area (Å²) in [6, 6.07) is 13.5. The van der Waals surface area contributed by atoms with E-state index in [2.05, 4.69) is 25.5 Å². The van der Waals surface area contributed by atoms with Gasteiger partial charge in [0.15, 0.2) is 0 Å². The molecule has 0 atom stereocenters. The SMILES string of the molecule is Cc1cc(-c2cnn(CC(=O)Nc3ccnn3Cc3ccccc3)c2)nc(N)n1. The van der Waals surface area contributed by atoms with Crippen LogP contribution in [0.1, 0.15) is 11.3 Å². The standard InChI is InChI=1S/C20H20N8O/c1-14-9-17(25-20(21)24-14)16-10-23-27(12-16)13-19(29)26-18-7-8-22-28(18)11-15-5-3-2-4-6-15/h2-10,12H,11,13H2,1H3,(H,26,29)(H2,21,24,25). The zero-order valence-corrected chi connectivity index (χ0v) is 15.9. The highest BCUT2D eigenvalue weighted by Crippen LogP contribution is 2.17. The number of nitrogens with zero attached hydrogens (tertiary/aromatic N) is 6. The van der Waals surface area contributed by atoms with Gasteiger partial charge in [0, 0.05) is 23.5 Å². The maximum atomic E-state index is 12.5. The van der Waals surface area contributed by atoms with Gasteiger partial charge in [-0.2, -0.15) is 10.2 Å². The Hall–Kier alpha value is -4.01. The maximum Gasteiger partial charge on any atom is 0.247 e. The first kappa shape index (κ1) is 18.4. The number of amides is 1. The molecule has 0 unspecified atom stereocenters. The van der Waals surface area contributed by atoms with Gasteiger partial charge in [0.25, 0.3) is 0 Å². The topological polar surface area (TPSA) is 117 Å². The molecule has 0 saturated heterocycles. The lowest BCUT2D eigenvalue weighted by molar-refractivity contribution is -0.116. The number of aromatic nitrogens is 6. The molecule has 9 heteroatoms. The molecular formula is C20H20N8O. The Morgan fingerprint density at radius 2 is 1.97 bits per heavy atom. The summed E-state index contributed by atoms with van der Waals surface area (Å²) in [5, 5.41) is 11.4. The van der Waals surface area contributed by atoms with Crippen LogP contribution >= 0.6 is 0 Å². The van der Waals surface area contributed by atoms with Crippen LogP contribution in [0.2, 0.25) is 0 Å². The number of anilines is 2. The minimum Gasteiger partial charge on any atom is -0.368 e. The summed E-state index contributed by atoms with van der Waals surface area (Å²) in [7, 11) is 0. The molecule has 1 aromatic carbocycles. The van der Waals surface area contributed by atoms with Gasteiger partial charge in [-0.3, -0.25) is 9.48 Å². The van der Waals surface area contributed by atoms with Crippen LogP contribution in [0.4, 0.5) is 11.8 Å². The van der Waals surface area contributed by atoms with E-state index in [0.717, 1.165) is 16.8 Å². The van der Waals surface area contributed by atoms with Gasteiger partial charge in [-0.1, -0.05) is 30.3 Å². The Bertz CT molecular complexity index is 1110. The van der Waals surface area contributed by atoms with Gasteiger partial charge in [0.2, 0.25) is 11.9 Å². The first-order valence-electron chi connectivity index (χ1n) is 9.06. The molecule has 0 aliphatic rings. The fraction of sp³-hybridized carbons (Fsp3) is 0.150. The van der Waals surface area contributed by atoms with E-state index in [0.29, 0.717) is 18.1 Å². The number of rotatable bonds is 6. The third-order valence-corrected chi connectivity index (χ3v) is 4.27. The number of nitrogen functional groups attached to an aromatic ring is 1. The molecule has 3 N–H and O–H groups in total. The summed E-state index contributed by atoms with van der Waals surface area (Å²) in [5.41, 5.74) is 9.01. The predicted octanol–water partition coefficient (Wildman–Crippen LogP) is 2.11. The molecule has 0 fully saturated rings. The Kier molecular flexibility index (Phi) is 5.02. The van der Waals surface area contributed by atoms with Gasteiger partial charge in [-0.25, -0.2) is 14.6 Å². The van der Waals surface area contributed by atoms with Crippen LogP contribution in [0, 0.1) is 6.92 Å². The molecule has 4 rings (SSSR count). The molecule has 0 aliphatic carbocycles. The molecule has 0 bridgehead atoms. The van der Waals surface area contributed by atoms with Crippen LogP contribution in [0.5, 0.6) is 0 Å². The van der Waals surface area contributed by atoms with Crippen molar-refractivity contribution in [2.45, 2.75) is 20.0 Å². The molecular weight excluding hydrogens is 368 g/mol. The number of carbonyl (C=O) groups is 1. The lowest BCUT2D eigenvalue weighted by Gasteiger charge is -2.09. The summed E-state index contributed by atoms with van der Waals surface area (Å²) < 4.78 is 3.30. The minimum atomic E-state index is -0.201. The Morgan fingerprint density at radius 1 is 1.14 bits per heavy atom. The Balaban J connectivity index is 1.42. The molecule has 4 aromatic rings. The van der Waals surface area contributed by atoms with Crippen LogP contribution in [-0.2, 0) is 17.9 Å². The van der Waals surface area contributed by atoms with Gasteiger partial charge in [-0.05, 0) is 18.6 Å². The summed E-state index contributed by atoms with van der Waals surface area (Å²) >= 11 is 0. The van der Waals surface area contributed by atoms with Gasteiger partial charge in [0.1, 0.15) is 12.4 Å². The van der Waals surface area contributed by atoms with Crippen molar-refractivity contribution in [1.29, 1.82) is 0 Å². The van der Waals surface area contributed by atoms with E-state index in [9.17, 15) is 4.79 Å². The van der Waals surface area contributed by atoms with Gasteiger partial charge < -0.3 is 11.1 Å². The Labute approximate surface area is 167 Å². The number of aryl methyl sites for hydroxylation is 1. The highest BCUT2D eigenvalue weighted by molar-refractivity contribution is 5.89. The molecule has 3 aromatic heterocycles. The second-order valence-corrected chi connectivity index (χ2v) is 6.59. The van der Waals surface area contributed by atoms with E-state index in [-0.39, 0.29) is 18.4 Å². The van der Waals surface area contributed by atoms with Crippen molar-refractivity contribution in [2.24, 2.45) is 0 Å². The number of nitrogens with one attached hydrogen (secondary N) is 1. The second-order valence-electron chi connectivity index (χ2n) is 6.59. The number of hydrogen-bond acceptors (Lipinski definition) is 6. The molecule has 0 spiro atoms. The van der Waals surface area contributed by atoms with E-state index in [1.54, 1.807) is 34.0 Å². The number of carbonyl (C=O) groups excluding carboxylic acids is 1. The minimum absolute atomic E-state index is 0.0655. The van der Waals surface area contributed by atoms with Gasteiger partial charge >= 0.3 is 0 Å². The number of hydrogen-bond donors (Lipinski definition) is 2. The lowest BCUT2D eigenvalue weighted by Crippen LogP contribution is -2.21. The van der Waals surface area contributed by atoms with Crippen molar-refractivity contribution in [3.8, 4) is 11.3 Å². The summed E-state index contributed by atoms with van der Waals surface area (Å²) in [5.74, 6) is 0.635. The van der Waals surface area contributed by atoms with Crippen LogP contribution in [-0.4, -0.2) is 35.4 Å². The quantitative estimate of drug-likeness (QED) is 0.522. The van der Waals surface area contributed by atoms with Crippen molar-refractivity contribution in [2.75, 3.05) is 11.1 Å². The fourth-order valence-electron chi connectivity index (χ4n) is 2.97.